The van der Waals surface area contributed by atoms with E-state index in [9.17, 15) is 0 Å². The monoisotopic (exact) mass is 347 g/mol. The molecule has 3 rings (SSSR count). The molecule has 0 radical (unpaired) electrons. The van der Waals surface area contributed by atoms with Crippen LogP contribution in [0.4, 0.5) is 0 Å². The van der Waals surface area contributed by atoms with Crippen LogP contribution in [0, 0.1) is 0 Å². The van der Waals surface area contributed by atoms with Crippen molar-refractivity contribution < 1.29 is 0 Å². The quantitative estimate of drug-likeness (QED) is 0.911. The third-order valence-corrected chi connectivity index (χ3v) is 4.85. The first kappa shape index (κ1) is 14.8. The summed E-state index contributed by atoms with van der Waals surface area (Å²) in [6, 6.07) is 9.52. The summed E-state index contributed by atoms with van der Waals surface area (Å²) in [5.41, 5.74) is 4.17. The molecule has 0 fully saturated rings. The second-order valence-electron chi connectivity index (χ2n) is 6.01. The molecule has 2 atom stereocenters. The molecular formula is C17H22BrN3. The van der Waals surface area contributed by atoms with Gasteiger partial charge in [0.1, 0.15) is 0 Å². The largest absolute Gasteiger partial charge is 0.307 e. The predicted octanol–water partition coefficient (Wildman–Crippen LogP) is 3.78. The van der Waals surface area contributed by atoms with E-state index in [0.29, 0.717) is 12.1 Å². The summed E-state index contributed by atoms with van der Waals surface area (Å²) < 4.78 is 3.17. The van der Waals surface area contributed by atoms with Crippen molar-refractivity contribution in [3.63, 3.8) is 0 Å². The SMILES string of the molecule is CC(Cc1ccc(Br)cc1)NC1CCCc2c1cnn2C. The Bertz CT molecular complexity index is 603. The maximum Gasteiger partial charge on any atom is 0.0540 e. The molecular weight excluding hydrogens is 326 g/mol. The lowest BCUT2D eigenvalue weighted by Gasteiger charge is -2.27. The molecule has 0 saturated carbocycles. The zero-order valence-corrected chi connectivity index (χ0v) is 14.2. The minimum absolute atomic E-state index is 0.452. The average Bonchev–Trinajstić information content (AvgIpc) is 2.84. The zero-order valence-electron chi connectivity index (χ0n) is 12.6. The van der Waals surface area contributed by atoms with E-state index < -0.39 is 0 Å². The van der Waals surface area contributed by atoms with Crippen LogP contribution in [0.3, 0.4) is 0 Å². The highest BCUT2D eigenvalue weighted by molar-refractivity contribution is 9.10. The molecule has 0 aliphatic heterocycles. The minimum atomic E-state index is 0.452. The summed E-state index contributed by atoms with van der Waals surface area (Å²) in [6.45, 7) is 2.27. The van der Waals surface area contributed by atoms with Crippen LogP contribution in [-0.4, -0.2) is 15.8 Å². The molecule has 2 aromatic rings. The molecule has 0 bridgehead atoms. The van der Waals surface area contributed by atoms with E-state index in [1.165, 1.54) is 29.7 Å². The number of nitrogens with one attached hydrogen (secondary N) is 1. The van der Waals surface area contributed by atoms with Crippen molar-refractivity contribution in [2.75, 3.05) is 0 Å². The van der Waals surface area contributed by atoms with Gasteiger partial charge in [-0.05, 0) is 50.3 Å². The van der Waals surface area contributed by atoms with Crippen molar-refractivity contribution in [3.8, 4) is 0 Å². The van der Waals surface area contributed by atoms with Gasteiger partial charge in [0.2, 0.25) is 0 Å². The first-order valence-electron chi connectivity index (χ1n) is 7.65. The summed E-state index contributed by atoms with van der Waals surface area (Å²) >= 11 is 3.49. The highest BCUT2D eigenvalue weighted by Gasteiger charge is 2.24. The van der Waals surface area contributed by atoms with Crippen LogP contribution in [0.25, 0.3) is 0 Å². The molecule has 3 nitrogen and oxygen atoms in total. The van der Waals surface area contributed by atoms with E-state index in [-0.39, 0.29) is 0 Å². The fourth-order valence-corrected chi connectivity index (χ4v) is 3.52. The van der Waals surface area contributed by atoms with Gasteiger partial charge in [0.05, 0.1) is 6.20 Å². The smallest absolute Gasteiger partial charge is 0.0540 e. The molecule has 0 spiro atoms. The lowest BCUT2D eigenvalue weighted by Crippen LogP contribution is -2.34. The number of benzene rings is 1. The third-order valence-electron chi connectivity index (χ3n) is 4.32. The molecule has 1 heterocycles. The van der Waals surface area contributed by atoms with Crippen LogP contribution >= 0.6 is 15.9 Å². The molecule has 0 amide bonds. The molecule has 21 heavy (non-hydrogen) atoms. The number of aromatic nitrogens is 2. The first-order valence-corrected chi connectivity index (χ1v) is 8.44. The van der Waals surface area contributed by atoms with Crippen molar-refractivity contribution >= 4 is 15.9 Å². The molecule has 0 saturated heterocycles. The Hall–Kier alpha value is -1.13. The van der Waals surface area contributed by atoms with Crippen LogP contribution in [0.15, 0.2) is 34.9 Å². The van der Waals surface area contributed by atoms with Crippen LogP contribution in [0.5, 0.6) is 0 Å². The Kier molecular flexibility index (Phi) is 4.45. The number of hydrogen-bond acceptors (Lipinski definition) is 2. The van der Waals surface area contributed by atoms with Crippen molar-refractivity contribution in [3.05, 3.63) is 51.8 Å². The fourth-order valence-electron chi connectivity index (χ4n) is 3.26. The number of halogens is 1. The first-order chi connectivity index (χ1) is 10.1. The fraction of sp³-hybridized carbons (Fsp3) is 0.471. The summed E-state index contributed by atoms with van der Waals surface area (Å²) in [6.07, 6.45) is 6.71. The van der Waals surface area contributed by atoms with Crippen LogP contribution in [0.2, 0.25) is 0 Å². The molecule has 1 aliphatic carbocycles. The molecule has 112 valence electrons. The van der Waals surface area contributed by atoms with Gasteiger partial charge in [-0.25, -0.2) is 0 Å². The zero-order chi connectivity index (χ0) is 14.8. The number of nitrogens with zero attached hydrogens (tertiary/aromatic N) is 2. The highest BCUT2D eigenvalue weighted by Crippen LogP contribution is 2.29. The van der Waals surface area contributed by atoms with Gasteiger partial charge in [0.25, 0.3) is 0 Å². The Morgan fingerprint density at radius 2 is 2.14 bits per heavy atom. The molecule has 4 heteroatoms. The van der Waals surface area contributed by atoms with E-state index >= 15 is 0 Å². The standard InChI is InChI=1S/C17H22BrN3/c1-12(10-13-6-8-14(18)9-7-13)20-16-4-3-5-17-15(16)11-19-21(17)2/h6-9,11-12,16,20H,3-5,10H2,1-2H3. The Morgan fingerprint density at radius 3 is 2.90 bits per heavy atom. The lowest BCUT2D eigenvalue weighted by atomic mass is 9.92. The van der Waals surface area contributed by atoms with E-state index in [1.54, 1.807) is 0 Å². The van der Waals surface area contributed by atoms with Gasteiger partial charge in [-0.3, -0.25) is 4.68 Å². The minimum Gasteiger partial charge on any atom is -0.307 e. The van der Waals surface area contributed by atoms with Gasteiger partial charge in [-0.2, -0.15) is 5.10 Å². The van der Waals surface area contributed by atoms with E-state index in [1.807, 2.05) is 17.9 Å². The van der Waals surface area contributed by atoms with Crippen LogP contribution in [-0.2, 0) is 19.9 Å². The van der Waals surface area contributed by atoms with Crippen molar-refractivity contribution in [2.24, 2.45) is 7.05 Å². The Balaban J connectivity index is 1.65. The van der Waals surface area contributed by atoms with Gasteiger partial charge in [-0.1, -0.05) is 28.1 Å². The van der Waals surface area contributed by atoms with Crippen molar-refractivity contribution in [2.45, 2.75) is 44.7 Å². The van der Waals surface area contributed by atoms with Crippen LogP contribution in [0.1, 0.15) is 42.6 Å². The number of hydrogen-bond donors (Lipinski definition) is 1. The number of fused-ring (bicyclic) bond motifs is 1. The van der Waals surface area contributed by atoms with Crippen LogP contribution < -0.4 is 5.32 Å². The summed E-state index contributed by atoms with van der Waals surface area (Å²) in [7, 11) is 2.05. The molecule has 2 unspecified atom stereocenters. The maximum atomic E-state index is 4.42. The van der Waals surface area contributed by atoms with E-state index in [0.717, 1.165) is 17.3 Å². The summed E-state index contributed by atoms with van der Waals surface area (Å²) in [5.74, 6) is 0. The van der Waals surface area contributed by atoms with Crippen molar-refractivity contribution in [1.29, 1.82) is 0 Å². The van der Waals surface area contributed by atoms with Gasteiger partial charge in [0, 0.05) is 34.9 Å². The number of rotatable bonds is 4. The van der Waals surface area contributed by atoms with Crippen molar-refractivity contribution in [1.82, 2.24) is 15.1 Å². The second kappa shape index (κ2) is 6.32. The lowest BCUT2D eigenvalue weighted by molar-refractivity contribution is 0.403. The van der Waals surface area contributed by atoms with E-state index in [4.69, 9.17) is 0 Å². The van der Waals surface area contributed by atoms with E-state index in [2.05, 4.69) is 57.5 Å². The molecule has 1 aromatic heterocycles. The van der Waals surface area contributed by atoms with Gasteiger partial charge in [0.15, 0.2) is 0 Å². The normalized spacial score (nSPS) is 19.3. The third kappa shape index (κ3) is 3.38. The second-order valence-corrected chi connectivity index (χ2v) is 6.93. The average molecular weight is 348 g/mol. The topological polar surface area (TPSA) is 29.9 Å². The Morgan fingerprint density at radius 1 is 1.38 bits per heavy atom. The predicted molar refractivity (Wildman–Crippen MR) is 89.3 cm³/mol. The van der Waals surface area contributed by atoms with Gasteiger partial charge >= 0.3 is 0 Å². The summed E-state index contributed by atoms with van der Waals surface area (Å²) in [4.78, 5) is 0. The number of aryl methyl sites for hydroxylation is 1. The molecule has 1 aliphatic rings. The Labute approximate surface area is 134 Å². The molecule has 1 aromatic carbocycles. The highest BCUT2D eigenvalue weighted by atomic mass is 79.9. The summed E-state index contributed by atoms with van der Waals surface area (Å²) in [5, 5.41) is 8.21. The van der Waals surface area contributed by atoms with Gasteiger partial charge in [-0.15, -0.1) is 0 Å². The maximum absolute atomic E-state index is 4.42. The van der Waals surface area contributed by atoms with Gasteiger partial charge < -0.3 is 5.32 Å². The molecule has 1 N–H and O–H groups in total.